The normalized spacial score (nSPS) is 10.1. The molecule has 5 nitrogen and oxygen atoms in total. The number of hydrogen-bond acceptors (Lipinski definition) is 3. The molecule has 1 aromatic carbocycles. The fraction of sp³-hybridized carbons (Fsp3) is 0.133. The summed E-state index contributed by atoms with van der Waals surface area (Å²) in [6, 6.07) is 9.63. The highest BCUT2D eigenvalue weighted by atomic mass is 16.2. The number of Topliss-reactive ketones (excluding diaryl/α,β-unsaturated/α-hetero) is 1. The minimum Gasteiger partial charge on any atom is -0.326 e. The van der Waals surface area contributed by atoms with Crippen LogP contribution >= 0.6 is 0 Å². The molecule has 0 fully saturated rings. The summed E-state index contributed by atoms with van der Waals surface area (Å²) in [5, 5.41) is 2.61. The first-order valence-corrected chi connectivity index (χ1v) is 6.09. The summed E-state index contributed by atoms with van der Waals surface area (Å²) < 4.78 is 0. The molecular weight excluding hydrogens is 256 g/mol. The maximum atomic E-state index is 12.0. The Kier molecular flexibility index (Phi) is 3.79. The second-order valence-corrected chi connectivity index (χ2v) is 4.47. The zero-order chi connectivity index (χ0) is 14.7. The number of benzene rings is 1. The van der Waals surface area contributed by atoms with Gasteiger partial charge in [0, 0.05) is 16.9 Å². The Bertz CT molecular complexity index is 715. The predicted molar refractivity (Wildman–Crippen MR) is 76.2 cm³/mol. The molecule has 102 valence electrons. The van der Waals surface area contributed by atoms with Crippen LogP contribution in [0.2, 0.25) is 0 Å². The van der Waals surface area contributed by atoms with Crippen LogP contribution in [-0.4, -0.2) is 16.7 Å². The fourth-order valence-electron chi connectivity index (χ4n) is 1.74. The molecule has 0 aliphatic carbocycles. The lowest BCUT2D eigenvalue weighted by Gasteiger charge is -2.05. The SMILES string of the molecule is CC(=O)c1ccc(NC(=O)c2ccc(C)[nH]c2=O)cc1. The number of aromatic nitrogens is 1. The van der Waals surface area contributed by atoms with Crippen LogP contribution in [0.25, 0.3) is 0 Å². The Morgan fingerprint density at radius 3 is 2.25 bits per heavy atom. The summed E-state index contributed by atoms with van der Waals surface area (Å²) in [6.45, 7) is 3.21. The molecule has 2 rings (SSSR count). The maximum absolute atomic E-state index is 12.0. The van der Waals surface area contributed by atoms with E-state index in [0.717, 1.165) is 0 Å². The fourth-order valence-corrected chi connectivity index (χ4v) is 1.74. The highest BCUT2D eigenvalue weighted by Gasteiger charge is 2.10. The third kappa shape index (κ3) is 3.00. The summed E-state index contributed by atoms with van der Waals surface area (Å²) in [5.74, 6) is -0.528. The van der Waals surface area contributed by atoms with Gasteiger partial charge in [0.25, 0.3) is 11.5 Å². The predicted octanol–water partition coefficient (Wildman–Crippen LogP) is 2.14. The maximum Gasteiger partial charge on any atom is 0.261 e. The van der Waals surface area contributed by atoms with Gasteiger partial charge in [0.05, 0.1) is 0 Å². The van der Waals surface area contributed by atoms with E-state index in [9.17, 15) is 14.4 Å². The average Bonchev–Trinajstić information content (AvgIpc) is 2.39. The number of pyridine rings is 1. The van der Waals surface area contributed by atoms with Gasteiger partial charge in [-0.25, -0.2) is 0 Å². The van der Waals surface area contributed by atoms with Crippen molar-refractivity contribution >= 4 is 17.4 Å². The zero-order valence-corrected chi connectivity index (χ0v) is 11.2. The van der Waals surface area contributed by atoms with Gasteiger partial charge in [-0.2, -0.15) is 0 Å². The van der Waals surface area contributed by atoms with Crippen LogP contribution in [0.5, 0.6) is 0 Å². The molecule has 2 N–H and O–H groups in total. The highest BCUT2D eigenvalue weighted by Crippen LogP contribution is 2.11. The van der Waals surface area contributed by atoms with Crippen LogP contribution in [0.3, 0.4) is 0 Å². The number of hydrogen-bond donors (Lipinski definition) is 2. The number of H-pyrrole nitrogens is 1. The standard InChI is InChI=1S/C15H14N2O3/c1-9-3-8-13(14(19)16-9)15(20)17-12-6-4-11(5-7-12)10(2)18/h3-8H,1-2H3,(H,16,19)(H,17,20). The molecule has 1 aromatic heterocycles. The molecular formula is C15H14N2O3. The second kappa shape index (κ2) is 5.52. The Morgan fingerprint density at radius 1 is 1.05 bits per heavy atom. The minimum atomic E-state index is -0.484. The molecule has 0 radical (unpaired) electrons. The molecule has 0 aliphatic rings. The van der Waals surface area contributed by atoms with E-state index in [1.54, 1.807) is 37.3 Å². The van der Waals surface area contributed by atoms with Crippen LogP contribution in [0.4, 0.5) is 5.69 Å². The van der Waals surface area contributed by atoms with E-state index in [0.29, 0.717) is 16.9 Å². The summed E-state index contributed by atoms with van der Waals surface area (Å²) in [6.07, 6.45) is 0. The number of aromatic amines is 1. The van der Waals surface area contributed by atoms with Crippen LogP contribution < -0.4 is 10.9 Å². The summed E-state index contributed by atoms with van der Waals surface area (Å²) in [7, 11) is 0. The molecule has 0 atom stereocenters. The van der Waals surface area contributed by atoms with E-state index in [2.05, 4.69) is 10.3 Å². The van der Waals surface area contributed by atoms with Crippen molar-refractivity contribution in [1.29, 1.82) is 0 Å². The van der Waals surface area contributed by atoms with Gasteiger partial charge in [0.2, 0.25) is 0 Å². The van der Waals surface area contributed by atoms with Crippen molar-refractivity contribution in [2.45, 2.75) is 13.8 Å². The van der Waals surface area contributed by atoms with Gasteiger partial charge in [-0.15, -0.1) is 0 Å². The molecule has 0 aliphatic heterocycles. The van der Waals surface area contributed by atoms with Gasteiger partial charge in [0.15, 0.2) is 5.78 Å². The highest BCUT2D eigenvalue weighted by molar-refractivity contribution is 6.04. The minimum absolute atomic E-state index is 0.0437. The number of carbonyl (C=O) groups excluding carboxylic acids is 2. The van der Waals surface area contributed by atoms with E-state index >= 15 is 0 Å². The van der Waals surface area contributed by atoms with Gasteiger partial charge in [0.1, 0.15) is 5.56 Å². The van der Waals surface area contributed by atoms with Crippen molar-refractivity contribution in [3.05, 3.63) is 63.6 Å². The molecule has 0 spiro atoms. The van der Waals surface area contributed by atoms with Crippen molar-refractivity contribution in [1.82, 2.24) is 4.98 Å². The van der Waals surface area contributed by atoms with E-state index in [-0.39, 0.29) is 11.3 Å². The third-order valence-corrected chi connectivity index (χ3v) is 2.85. The molecule has 0 saturated carbocycles. The summed E-state index contributed by atoms with van der Waals surface area (Å²) >= 11 is 0. The topological polar surface area (TPSA) is 79.0 Å². The molecule has 5 heteroatoms. The molecule has 2 aromatic rings. The number of aryl methyl sites for hydroxylation is 1. The number of ketones is 1. The number of amides is 1. The number of rotatable bonds is 3. The van der Waals surface area contributed by atoms with Crippen LogP contribution in [0.15, 0.2) is 41.2 Å². The summed E-state index contributed by atoms with van der Waals surface area (Å²) in [5.41, 5.74) is 1.41. The first-order valence-electron chi connectivity index (χ1n) is 6.09. The quantitative estimate of drug-likeness (QED) is 0.839. The van der Waals surface area contributed by atoms with Gasteiger partial charge in [-0.05, 0) is 50.2 Å². The van der Waals surface area contributed by atoms with Gasteiger partial charge in [-0.1, -0.05) is 0 Å². The Morgan fingerprint density at radius 2 is 1.70 bits per heavy atom. The van der Waals surface area contributed by atoms with Crippen molar-refractivity contribution in [3.63, 3.8) is 0 Å². The molecule has 1 amide bonds. The molecule has 0 unspecified atom stereocenters. The first-order chi connectivity index (χ1) is 9.47. The van der Waals surface area contributed by atoms with Crippen molar-refractivity contribution in [2.75, 3.05) is 5.32 Å². The monoisotopic (exact) mass is 270 g/mol. The lowest BCUT2D eigenvalue weighted by atomic mass is 10.1. The van der Waals surface area contributed by atoms with E-state index in [1.165, 1.54) is 13.0 Å². The van der Waals surface area contributed by atoms with Crippen molar-refractivity contribution < 1.29 is 9.59 Å². The zero-order valence-electron chi connectivity index (χ0n) is 11.2. The lowest BCUT2D eigenvalue weighted by Crippen LogP contribution is -2.23. The summed E-state index contributed by atoms with van der Waals surface area (Å²) in [4.78, 5) is 37.3. The third-order valence-electron chi connectivity index (χ3n) is 2.85. The van der Waals surface area contributed by atoms with Crippen molar-refractivity contribution in [2.24, 2.45) is 0 Å². The van der Waals surface area contributed by atoms with Crippen LogP contribution in [0, 0.1) is 6.92 Å². The van der Waals surface area contributed by atoms with Gasteiger partial charge in [-0.3, -0.25) is 14.4 Å². The van der Waals surface area contributed by atoms with Gasteiger partial charge < -0.3 is 10.3 Å². The van der Waals surface area contributed by atoms with E-state index < -0.39 is 11.5 Å². The smallest absolute Gasteiger partial charge is 0.261 e. The Balaban J connectivity index is 2.19. The molecule has 0 saturated heterocycles. The average molecular weight is 270 g/mol. The van der Waals surface area contributed by atoms with Crippen LogP contribution in [-0.2, 0) is 0 Å². The van der Waals surface area contributed by atoms with Gasteiger partial charge >= 0.3 is 0 Å². The first kappa shape index (κ1) is 13.7. The molecule has 20 heavy (non-hydrogen) atoms. The van der Waals surface area contributed by atoms with E-state index in [1.807, 2.05) is 0 Å². The largest absolute Gasteiger partial charge is 0.326 e. The van der Waals surface area contributed by atoms with Crippen molar-refractivity contribution in [3.8, 4) is 0 Å². The molecule has 0 bridgehead atoms. The number of nitrogens with one attached hydrogen (secondary N) is 2. The second-order valence-electron chi connectivity index (χ2n) is 4.47. The Hall–Kier alpha value is -2.69. The Labute approximate surface area is 115 Å². The number of carbonyl (C=O) groups is 2. The number of anilines is 1. The lowest BCUT2D eigenvalue weighted by molar-refractivity contribution is 0.101. The van der Waals surface area contributed by atoms with Crippen LogP contribution in [0.1, 0.15) is 33.3 Å². The molecule has 1 heterocycles. The van der Waals surface area contributed by atoms with E-state index in [4.69, 9.17) is 0 Å².